The van der Waals surface area contributed by atoms with Crippen LogP contribution in [0.1, 0.15) is 62.6 Å². The number of benzene rings is 1. The Morgan fingerprint density at radius 2 is 1.89 bits per heavy atom. The van der Waals surface area contributed by atoms with E-state index in [-0.39, 0.29) is 0 Å². The molecule has 0 amide bonds. The predicted molar refractivity (Wildman–Crippen MR) is 76.8 cm³/mol. The van der Waals surface area contributed by atoms with Gasteiger partial charge in [0.05, 0.1) is 0 Å². The highest BCUT2D eigenvalue weighted by Crippen LogP contribution is 2.40. The largest absolute Gasteiger partial charge is 0.293 e. The molecule has 0 spiro atoms. The van der Waals surface area contributed by atoms with Crippen LogP contribution in [0.5, 0.6) is 0 Å². The summed E-state index contributed by atoms with van der Waals surface area (Å²) in [4.78, 5) is 2.78. The van der Waals surface area contributed by atoms with Gasteiger partial charge in [-0.25, -0.2) is 0 Å². The minimum atomic E-state index is 0.714. The topological polar surface area (TPSA) is 3.24 Å². The molecule has 2 saturated heterocycles. The minimum absolute atomic E-state index is 0.714. The van der Waals surface area contributed by atoms with E-state index >= 15 is 0 Å². The quantitative estimate of drug-likeness (QED) is 0.764. The monoisotopic (exact) mass is 243 g/mol. The van der Waals surface area contributed by atoms with Gasteiger partial charge in [-0.1, -0.05) is 44.0 Å². The van der Waals surface area contributed by atoms with Crippen molar-refractivity contribution in [3.8, 4) is 0 Å². The highest BCUT2D eigenvalue weighted by molar-refractivity contribution is 5.26. The normalized spacial score (nSPS) is 28.3. The first-order valence-corrected chi connectivity index (χ1v) is 7.73. The van der Waals surface area contributed by atoms with Crippen LogP contribution in [0.25, 0.3) is 0 Å². The lowest BCUT2D eigenvalue weighted by Gasteiger charge is -2.34. The summed E-state index contributed by atoms with van der Waals surface area (Å²) in [5.74, 6) is 0. The maximum absolute atomic E-state index is 2.78. The van der Waals surface area contributed by atoms with Gasteiger partial charge in [-0.3, -0.25) is 4.90 Å². The first kappa shape index (κ1) is 12.2. The molecule has 2 aliphatic rings. The van der Waals surface area contributed by atoms with E-state index in [1.165, 1.54) is 57.1 Å². The Balaban J connectivity index is 1.74. The van der Waals surface area contributed by atoms with Crippen molar-refractivity contribution < 1.29 is 0 Å². The van der Waals surface area contributed by atoms with Crippen LogP contribution in [-0.2, 0) is 6.42 Å². The molecule has 1 aromatic rings. The molecule has 3 rings (SSSR count). The first-order chi connectivity index (χ1) is 8.88. The molecule has 2 atom stereocenters. The number of rotatable bonds is 3. The molecule has 0 radical (unpaired) electrons. The lowest BCUT2D eigenvalue weighted by molar-refractivity contribution is 0.150. The van der Waals surface area contributed by atoms with Gasteiger partial charge in [0.2, 0.25) is 0 Å². The Morgan fingerprint density at radius 1 is 1.06 bits per heavy atom. The second-order valence-corrected chi connectivity index (χ2v) is 5.97. The minimum Gasteiger partial charge on any atom is -0.293 e. The number of aryl methyl sites for hydroxylation is 1. The van der Waals surface area contributed by atoms with Gasteiger partial charge >= 0.3 is 0 Å². The maximum Gasteiger partial charge on any atom is 0.0351 e. The number of piperidine rings is 1. The van der Waals surface area contributed by atoms with Gasteiger partial charge in [0.1, 0.15) is 0 Å². The van der Waals surface area contributed by atoms with E-state index < -0.39 is 0 Å². The second-order valence-electron chi connectivity index (χ2n) is 5.97. The molecule has 18 heavy (non-hydrogen) atoms. The summed E-state index contributed by atoms with van der Waals surface area (Å²) >= 11 is 0. The van der Waals surface area contributed by atoms with Crippen molar-refractivity contribution >= 4 is 0 Å². The first-order valence-electron chi connectivity index (χ1n) is 7.73. The molecule has 0 aromatic heterocycles. The van der Waals surface area contributed by atoms with E-state index in [1.807, 2.05) is 0 Å². The molecular weight excluding hydrogens is 218 g/mol. The van der Waals surface area contributed by atoms with Gasteiger partial charge in [-0.05, 0) is 49.8 Å². The average molecular weight is 243 g/mol. The Labute approximate surface area is 111 Å². The molecule has 0 bridgehead atoms. The van der Waals surface area contributed by atoms with Crippen LogP contribution in [0, 0.1) is 0 Å². The molecule has 98 valence electrons. The average Bonchev–Trinajstić information content (AvgIpc) is 2.84. The summed E-state index contributed by atoms with van der Waals surface area (Å²) in [5, 5.41) is 0. The molecule has 0 N–H and O–H groups in total. The van der Waals surface area contributed by atoms with E-state index in [9.17, 15) is 0 Å². The Hall–Kier alpha value is -0.820. The Morgan fingerprint density at radius 3 is 2.67 bits per heavy atom. The van der Waals surface area contributed by atoms with Crippen LogP contribution in [0.3, 0.4) is 0 Å². The van der Waals surface area contributed by atoms with Crippen molar-refractivity contribution in [2.45, 2.75) is 64.0 Å². The molecule has 2 aliphatic heterocycles. The van der Waals surface area contributed by atoms with E-state index in [0.29, 0.717) is 6.04 Å². The number of hydrogen-bond acceptors (Lipinski definition) is 1. The van der Waals surface area contributed by atoms with Gasteiger partial charge in [0.15, 0.2) is 0 Å². The highest BCUT2D eigenvalue weighted by atomic mass is 15.2. The van der Waals surface area contributed by atoms with Crippen LogP contribution in [0.4, 0.5) is 0 Å². The molecule has 2 heterocycles. The molecule has 0 unspecified atom stereocenters. The highest BCUT2D eigenvalue weighted by Gasteiger charge is 2.35. The molecule has 0 aliphatic carbocycles. The molecule has 1 heteroatoms. The van der Waals surface area contributed by atoms with Crippen LogP contribution in [0.15, 0.2) is 24.3 Å². The van der Waals surface area contributed by atoms with Gasteiger partial charge in [0.25, 0.3) is 0 Å². The van der Waals surface area contributed by atoms with E-state index in [2.05, 4.69) is 36.1 Å². The van der Waals surface area contributed by atoms with Crippen molar-refractivity contribution in [1.82, 2.24) is 4.90 Å². The fourth-order valence-electron chi connectivity index (χ4n) is 3.81. The standard InChI is InChI=1S/C17H25N/c1-2-5-14-7-9-15(10-8-14)17-12-11-16-6-3-4-13-18(16)17/h7-10,16-17H,2-6,11-13H2,1H3/t16-,17-/m1/s1. The zero-order chi connectivity index (χ0) is 12.4. The number of hydrogen-bond donors (Lipinski definition) is 0. The van der Waals surface area contributed by atoms with Gasteiger partial charge in [0, 0.05) is 12.1 Å². The Bertz CT molecular complexity index is 381. The molecular formula is C17H25N. The van der Waals surface area contributed by atoms with Crippen LogP contribution >= 0.6 is 0 Å². The third-order valence-corrected chi connectivity index (χ3v) is 4.75. The molecule has 1 nitrogen and oxygen atoms in total. The van der Waals surface area contributed by atoms with Gasteiger partial charge in [-0.2, -0.15) is 0 Å². The summed E-state index contributed by atoms with van der Waals surface area (Å²) in [6, 6.07) is 11.1. The van der Waals surface area contributed by atoms with Crippen molar-refractivity contribution in [2.24, 2.45) is 0 Å². The smallest absolute Gasteiger partial charge is 0.0351 e. The number of fused-ring (bicyclic) bond motifs is 1. The maximum atomic E-state index is 2.78. The fraction of sp³-hybridized carbons (Fsp3) is 0.647. The zero-order valence-corrected chi connectivity index (χ0v) is 11.6. The summed E-state index contributed by atoms with van der Waals surface area (Å²) in [7, 11) is 0. The van der Waals surface area contributed by atoms with Crippen molar-refractivity contribution in [3.05, 3.63) is 35.4 Å². The summed E-state index contributed by atoms with van der Waals surface area (Å²) in [6.45, 7) is 3.58. The lowest BCUT2D eigenvalue weighted by Crippen LogP contribution is -2.35. The molecule has 2 fully saturated rings. The third-order valence-electron chi connectivity index (χ3n) is 4.75. The van der Waals surface area contributed by atoms with Crippen molar-refractivity contribution in [2.75, 3.05) is 6.54 Å². The third kappa shape index (κ3) is 2.33. The second kappa shape index (κ2) is 5.44. The fourth-order valence-corrected chi connectivity index (χ4v) is 3.81. The van der Waals surface area contributed by atoms with Gasteiger partial charge < -0.3 is 0 Å². The van der Waals surface area contributed by atoms with Crippen molar-refractivity contribution in [1.29, 1.82) is 0 Å². The molecule has 1 aromatic carbocycles. The molecule has 0 saturated carbocycles. The van der Waals surface area contributed by atoms with Crippen LogP contribution < -0.4 is 0 Å². The summed E-state index contributed by atoms with van der Waals surface area (Å²) in [5.41, 5.74) is 3.05. The van der Waals surface area contributed by atoms with E-state index in [1.54, 1.807) is 5.56 Å². The SMILES string of the molecule is CCCc1ccc([C@H]2CC[C@H]3CCCCN32)cc1. The zero-order valence-electron chi connectivity index (χ0n) is 11.6. The lowest BCUT2D eigenvalue weighted by atomic mass is 10.0. The summed E-state index contributed by atoms with van der Waals surface area (Å²) < 4.78 is 0. The van der Waals surface area contributed by atoms with Crippen molar-refractivity contribution in [3.63, 3.8) is 0 Å². The van der Waals surface area contributed by atoms with E-state index in [4.69, 9.17) is 0 Å². The number of nitrogens with zero attached hydrogens (tertiary/aromatic N) is 1. The van der Waals surface area contributed by atoms with E-state index in [0.717, 1.165) is 6.04 Å². The predicted octanol–water partition coefficient (Wildman–Crippen LogP) is 4.33. The van der Waals surface area contributed by atoms with Gasteiger partial charge in [-0.15, -0.1) is 0 Å². The summed E-state index contributed by atoms with van der Waals surface area (Å²) in [6.07, 6.45) is 9.54. The van der Waals surface area contributed by atoms with Crippen LogP contribution in [-0.4, -0.2) is 17.5 Å². The van der Waals surface area contributed by atoms with Crippen LogP contribution in [0.2, 0.25) is 0 Å². The Kier molecular flexibility index (Phi) is 3.69.